The molecule has 0 bridgehead atoms. The lowest BCUT2D eigenvalue weighted by molar-refractivity contribution is -0.127. The van der Waals surface area contributed by atoms with E-state index in [4.69, 9.17) is 47.4 Å². The molecule has 1 atom stereocenters. The van der Waals surface area contributed by atoms with Gasteiger partial charge in [-0.25, -0.2) is 0 Å². The quantitative estimate of drug-likeness (QED) is 0.0956. The van der Waals surface area contributed by atoms with Gasteiger partial charge in [0.05, 0.1) is 118 Å². The third-order valence-corrected chi connectivity index (χ3v) is 8.85. The van der Waals surface area contributed by atoms with Gasteiger partial charge in [-0.2, -0.15) is 0 Å². The highest BCUT2D eigenvalue weighted by Crippen LogP contribution is 2.36. The summed E-state index contributed by atoms with van der Waals surface area (Å²) in [5.74, 6) is -0.231. The minimum absolute atomic E-state index is 0.0616. The van der Waals surface area contributed by atoms with Gasteiger partial charge in [0.2, 0.25) is 5.91 Å². The Morgan fingerprint density at radius 3 is 1.75 bits per heavy atom. The summed E-state index contributed by atoms with van der Waals surface area (Å²) in [5, 5.41) is 10.9. The van der Waals surface area contributed by atoms with Gasteiger partial charge in [-0.3, -0.25) is 4.79 Å². The van der Waals surface area contributed by atoms with Crippen LogP contribution in [0.5, 0.6) is 0 Å². The molecule has 1 heterocycles. The lowest BCUT2D eigenvalue weighted by Gasteiger charge is -2.19. The Morgan fingerprint density at radius 2 is 1.09 bits per heavy atom. The third-order valence-electron chi connectivity index (χ3n) is 8.85. The molecule has 1 aliphatic heterocycles. The van der Waals surface area contributed by atoms with Crippen molar-refractivity contribution in [2.45, 2.75) is 25.4 Å². The second-order valence-electron chi connectivity index (χ2n) is 12.7. The third kappa shape index (κ3) is 15.0. The van der Waals surface area contributed by atoms with Gasteiger partial charge in [0.15, 0.2) is 0 Å². The van der Waals surface area contributed by atoms with Crippen LogP contribution in [0, 0.1) is 0 Å². The van der Waals surface area contributed by atoms with Crippen molar-refractivity contribution < 1.29 is 52.2 Å². The van der Waals surface area contributed by atoms with E-state index in [-0.39, 0.29) is 18.6 Å². The number of aryl methyl sites for hydroxylation is 1. The smallest absolute Gasteiger partial charge is 0.246 e. The van der Waals surface area contributed by atoms with Crippen molar-refractivity contribution >= 4 is 38.2 Å². The topological polar surface area (TPSA) is 121 Å². The Morgan fingerprint density at radius 1 is 0.566 bits per heavy atom. The second kappa shape index (κ2) is 25.1. The van der Waals surface area contributed by atoms with Crippen molar-refractivity contribution in [2.24, 2.45) is 0 Å². The molecular weight excluding hydrogens is 682 g/mol. The summed E-state index contributed by atoms with van der Waals surface area (Å²) in [4.78, 5) is 12.2. The van der Waals surface area contributed by atoms with Crippen molar-refractivity contribution in [3.63, 3.8) is 0 Å². The van der Waals surface area contributed by atoms with E-state index in [1.165, 1.54) is 37.9 Å². The standard InChI is InChI=1S/C41H57NO11/c43-39(42-30-37-31-51-26-24-48-20-18-47-22-23-50-28-29-53-37)32-52-27-25-49-21-19-46-17-16-45-15-14-44-13-2-1-4-33-7-8-36-10-9-34-5-3-6-35-11-12-38(33)41(36)40(34)35/h3,5-12,37H,1-2,4,13-32H2,(H,42,43). The van der Waals surface area contributed by atoms with Crippen molar-refractivity contribution in [3.05, 3.63) is 60.2 Å². The van der Waals surface area contributed by atoms with Gasteiger partial charge in [0, 0.05) is 13.2 Å². The summed E-state index contributed by atoms with van der Waals surface area (Å²) in [5.41, 5.74) is 1.41. The van der Waals surface area contributed by atoms with Crippen molar-refractivity contribution in [1.82, 2.24) is 5.32 Å². The Balaban J connectivity index is 0.791. The lowest BCUT2D eigenvalue weighted by Crippen LogP contribution is -2.39. The van der Waals surface area contributed by atoms with E-state index in [2.05, 4.69) is 59.9 Å². The van der Waals surface area contributed by atoms with Crippen LogP contribution in [-0.2, 0) is 58.6 Å². The molecule has 53 heavy (non-hydrogen) atoms. The molecule has 0 spiro atoms. The average Bonchev–Trinajstić information content (AvgIpc) is 3.19. The van der Waals surface area contributed by atoms with Crippen LogP contribution in [0.1, 0.15) is 18.4 Å². The zero-order valence-corrected chi connectivity index (χ0v) is 31.0. The van der Waals surface area contributed by atoms with Gasteiger partial charge >= 0.3 is 0 Å². The van der Waals surface area contributed by atoms with E-state index < -0.39 is 0 Å². The van der Waals surface area contributed by atoms with E-state index in [9.17, 15) is 4.79 Å². The second-order valence-corrected chi connectivity index (χ2v) is 12.7. The molecular formula is C41H57NO11. The number of hydrogen-bond acceptors (Lipinski definition) is 11. The largest absolute Gasteiger partial charge is 0.379 e. The van der Waals surface area contributed by atoms with Crippen LogP contribution < -0.4 is 5.32 Å². The molecule has 1 unspecified atom stereocenters. The maximum absolute atomic E-state index is 12.2. The van der Waals surface area contributed by atoms with Gasteiger partial charge in [-0.1, -0.05) is 54.6 Å². The first-order chi connectivity index (χ1) is 26.3. The molecule has 4 aromatic carbocycles. The molecule has 12 heteroatoms. The van der Waals surface area contributed by atoms with Crippen LogP contribution >= 0.6 is 0 Å². The monoisotopic (exact) mass is 739 g/mol. The molecule has 0 saturated carbocycles. The zero-order valence-electron chi connectivity index (χ0n) is 31.0. The molecule has 1 aliphatic rings. The molecule has 12 nitrogen and oxygen atoms in total. The predicted molar refractivity (Wildman–Crippen MR) is 203 cm³/mol. The average molecular weight is 740 g/mol. The number of nitrogens with one attached hydrogen (secondary N) is 1. The van der Waals surface area contributed by atoms with Gasteiger partial charge in [-0.15, -0.1) is 0 Å². The first kappa shape index (κ1) is 41.2. The van der Waals surface area contributed by atoms with E-state index >= 15 is 0 Å². The number of amides is 1. The minimum Gasteiger partial charge on any atom is -0.379 e. The van der Waals surface area contributed by atoms with Crippen LogP contribution in [0.3, 0.4) is 0 Å². The molecule has 1 N–H and O–H groups in total. The van der Waals surface area contributed by atoms with Crippen LogP contribution in [-0.4, -0.2) is 144 Å². The summed E-state index contributed by atoms with van der Waals surface area (Å²) in [7, 11) is 0. The molecule has 1 fully saturated rings. The molecule has 292 valence electrons. The first-order valence-electron chi connectivity index (χ1n) is 19.0. The van der Waals surface area contributed by atoms with Gasteiger partial charge in [-0.05, 0) is 57.1 Å². The summed E-state index contributed by atoms with van der Waals surface area (Å²) in [6, 6.07) is 20.1. The molecule has 1 saturated heterocycles. The number of carbonyl (C=O) groups excluding carboxylic acids is 1. The fourth-order valence-electron chi connectivity index (χ4n) is 6.17. The Hall–Kier alpha value is -3.01. The van der Waals surface area contributed by atoms with E-state index in [0.717, 1.165) is 25.9 Å². The number of ether oxygens (including phenoxy) is 10. The molecule has 0 aliphatic carbocycles. The molecule has 0 aromatic heterocycles. The molecule has 1 amide bonds. The minimum atomic E-state index is -0.301. The normalized spacial score (nSPS) is 16.9. The molecule has 0 radical (unpaired) electrons. The summed E-state index contributed by atoms with van der Waals surface area (Å²) in [6.45, 7) is 8.79. The van der Waals surface area contributed by atoms with Gasteiger partial charge < -0.3 is 52.7 Å². The Bertz CT molecular complexity index is 1540. The lowest BCUT2D eigenvalue weighted by atomic mass is 9.91. The predicted octanol–water partition coefficient (Wildman–Crippen LogP) is 4.57. The number of hydrogen-bond donors (Lipinski definition) is 1. The van der Waals surface area contributed by atoms with Crippen molar-refractivity contribution in [3.8, 4) is 0 Å². The number of carbonyl (C=O) groups is 1. The summed E-state index contributed by atoms with van der Waals surface area (Å²) < 4.78 is 55.7. The van der Waals surface area contributed by atoms with Crippen LogP contribution in [0.15, 0.2) is 54.6 Å². The highest BCUT2D eigenvalue weighted by molar-refractivity contribution is 6.23. The van der Waals surface area contributed by atoms with E-state index in [1.54, 1.807) is 0 Å². The van der Waals surface area contributed by atoms with E-state index in [1.807, 2.05) is 0 Å². The summed E-state index contributed by atoms with van der Waals surface area (Å²) >= 11 is 0. The Labute approximate surface area is 312 Å². The van der Waals surface area contributed by atoms with Crippen LogP contribution in [0.4, 0.5) is 0 Å². The zero-order chi connectivity index (χ0) is 36.6. The maximum atomic E-state index is 12.2. The Kier molecular flexibility index (Phi) is 19.5. The maximum Gasteiger partial charge on any atom is 0.246 e. The number of unbranched alkanes of at least 4 members (excludes halogenated alkanes) is 1. The van der Waals surface area contributed by atoms with Gasteiger partial charge in [0.1, 0.15) is 6.61 Å². The molecule has 5 rings (SSSR count). The van der Waals surface area contributed by atoms with Crippen molar-refractivity contribution in [2.75, 3.05) is 132 Å². The van der Waals surface area contributed by atoms with Crippen LogP contribution in [0.2, 0.25) is 0 Å². The SMILES string of the molecule is O=C(COCCOCCOCCOCCOCCCCc1ccc2ccc3cccc4ccc1c2c34)NCC1COCCOCCOCCOCCO1. The van der Waals surface area contributed by atoms with Crippen molar-refractivity contribution in [1.29, 1.82) is 0 Å². The van der Waals surface area contributed by atoms with Gasteiger partial charge in [0.25, 0.3) is 0 Å². The number of rotatable bonds is 21. The molecule has 4 aromatic rings. The first-order valence-corrected chi connectivity index (χ1v) is 19.0. The fraction of sp³-hybridized carbons (Fsp3) is 0.585. The van der Waals surface area contributed by atoms with E-state index in [0.29, 0.717) is 119 Å². The highest BCUT2D eigenvalue weighted by Gasteiger charge is 2.13. The summed E-state index contributed by atoms with van der Waals surface area (Å²) in [6.07, 6.45) is 2.84. The fourth-order valence-corrected chi connectivity index (χ4v) is 6.17. The highest BCUT2D eigenvalue weighted by atomic mass is 16.6. The van der Waals surface area contributed by atoms with Crippen LogP contribution in [0.25, 0.3) is 32.3 Å². The number of benzene rings is 4.